The van der Waals surface area contributed by atoms with Crippen molar-refractivity contribution in [2.75, 3.05) is 39.3 Å². The number of carbonyl (C=O) groups excluding carboxylic acids is 1. The summed E-state index contributed by atoms with van der Waals surface area (Å²) >= 11 is 0. The zero-order valence-electron chi connectivity index (χ0n) is 11.7. The summed E-state index contributed by atoms with van der Waals surface area (Å²) in [6.07, 6.45) is 3.44. The Kier molecular flexibility index (Phi) is 10.4. The zero-order chi connectivity index (χ0) is 12.5. The molecule has 1 aliphatic heterocycles. The highest BCUT2D eigenvalue weighted by molar-refractivity contribution is 5.85. The Labute approximate surface area is 117 Å². The molecule has 0 aliphatic carbocycles. The number of amides is 1. The quantitative estimate of drug-likeness (QED) is 0.736. The van der Waals surface area contributed by atoms with Gasteiger partial charge in [-0.15, -0.1) is 12.4 Å². The Bertz CT molecular complexity index is 218. The van der Waals surface area contributed by atoms with Gasteiger partial charge in [-0.3, -0.25) is 9.69 Å². The Morgan fingerprint density at radius 3 is 2.50 bits per heavy atom. The number of likely N-dealkylation sites (tertiary alicyclic amines) is 1. The van der Waals surface area contributed by atoms with Crippen molar-refractivity contribution in [3.8, 4) is 0 Å². The molecule has 0 aromatic heterocycles. The van der Waals surface area contributed by atoms with Crippen LogP contribution in [0.1, 0.15) is 33.1 Å². The minimum atomic E-state index is 0. The van der Waals surface area contributed by atoms with E-state index in [0.717, 1.165) is 45.1 Å². The van der Waals surface area contributed by atoms with Gasteiger partial charge in [0.2, 0.25) is 5.91 Å². The fourth-order valence-electron chi connectivity index (χ4n) is 2.22. The van der Waals surface area contributed by atoms with Crippen LogP contribution in [0.5, 0.6) is 0 Å². The number of hydrogen-bond acceptors (Lipinski definition) is 3. The highest BCUT2D eigenvalue weighted by Crippen LogP contribution is 2.15. The minimum absolute atomic E-state index is 0. The van der Waals surface area contributed by atoms with Crippen LogP contribution >= 0.6 is 12.4 Å². The van der Waals surface area contributed by atoms with Gasteiger partial charge in [-0.2, -0.15) is 0 Å². The topological polar surface area (TPSA) is 44.4 Å². The minimum Gasteiger partial charge on any atom is -0.355 e. The molecule has 0 atom stereocenters. The van der Waals surface area contributed by atoms with Crippen LogP contribution in [0.15, 0.2) is 0 Å². The second-order valence-electron chi connectivity index (χ2n) is 4.88. The molecule has 1 heterocycles. The molecular weight excluding hydrogens is 250 g/mol. The van der Waals surface area contributed by atoms with Crippen molar-refractivity contribution in [2.24, 2.45) is 5.92 Å². The third kappa shape index (κ3) is 7.19. The number of rotatable bonds is 7. The number of nitrogens with zero attached hydrogens (tertiary/aromatic N) is 1. The predicted molar refractivity (Wildman–Crippen MR) is 78.3 cm³/mol. The number of nitrogens with one attached hydrogen (secondary N) is 2. The molecule has 0 unspecified atom stereocenters. The van der Waals surface area contributed by atoms with Crippen LogP contribution in [0.2, 0.25) is 0 Å². The Morgan fingerprint density at radius 2 is 1.94 bits per heavy atom. The van der Waals surface area contributed by atoms with Gasteiger partial charge in [0, 0.05) is 6.54 Å². The van der Waals surface area contributed by atoms with E-state index in [1.807, 2.05) is 0 Å². The van der Waals surface area contributed by atoms with E-state index in [0.29, 0.717) is 6.54 Å². The van der Waals surface area contributed by atoms with Crippen molar-refractivity contribution >= 4 is 18.3 Å². The molecule has 4 nitrogen and oxygen atoms in total. The van der Waals surface area contributed by atoms with E-state index in [9.17, 15) is 4.79 Å². The van der Waals surface area contributed by atoms with Crippen LogP contribution in [0.25, 0.3) is 0 Å². The van der Waals surface area contributed by atoms with Crippen molar-refractivity contribution in [2.45, 2.75) is 33.1 Å². The summed E-state index contributed by atoms with van der Waals surface area (Å²) in [5, 5.41) is 6.34. The number of carbonyl (C=O) groups is 1. The van der Waals surface area contributed by atoms with Crippen LogP contribution in [-0.4, -0.2) is 50.1 Å². The third-order valence-corrected chi connectivity index (χ3v) is 3.33. The first kappa shape index (κ1) is 17.7. The van der Waals surface area contributed by atoms with Gasteiger partial charge in [-0.25, -0.2) is 0 Å². The lowest BCUT2D eigenvalue weighted by atomic mass is 9.97. The molecule has 0 bridgehead atoms. The predicted octanol–water partition coefficient (Wildman–Crippen LogP) is 1.26. The van der Waals surface area contributed by atoms with E-state index in [1.165, 1.54) is 12.8 Å². The molecule has 0 radical (unpaired) electrons. The zero-order valence-corrected chi connectivity index (χ0v) is 12.5. The standard InChI is InChI=1S/C13H27N3O.ClH/c1-3-7-15-13(17)11-16-8-5-12(6-9-16)10-14-4-2;/h12,14H,3-11H2,1-2H3,(H,15,17);1H. The van der Waals surface area contributed by atoms with Crippen LogP contribution in [0.3, 0.4) is 0 Å². The van der Waals surface area contributed by atoms with E-state index in [-0.39, 0.29) is 18.3 Å². The Morgan fingerprint density at radius 1 is 1.28 bits per heavy atom. The molecule has 108 valence electrons. The first-order valence-corrected chi connectivity index (χ1v) is 6.96. The van der Waals surface area contributed by atoms with Gasteiger partial charge in [-0.1, -0.05) is 13.8 Å². The summed E-state index contributed by atoms with van der Waals surface area (Å²) in [5.74, 6) is 0.974. The van der Waals surface area contributed by atoms with Crippen molar-refractivity contribution in [3.05, 3.63) is 0 Å². The molecule has 1 amide bonds. The van der Waals surface area contributed by atoms with E-state index < -0.39 is 0 Å². The third-order valence-electron chi connectivity index (χ3n) is 3.33. The van der Waals surface area contributed by atoms with Gasteiger partial charge in [0.05, 0.1) is 6.54 Å². The van der Waals surface area contributed by atoms with Gasteiger partial charge in [0.15, 0.2) is 0 Å². The summed E-state index contributed by atoms with van der Waals surface area (Å²) in [6.45, 7) is 9.92. The fourth-order valence-corrected chi connectivity index (χ4v) is 2.22. The average Bonchev–Trinajstić information content (AvgIpc) is 2.35. The molecule has 1 saturated heterocycles. The van der Waals surface area contributed by atoms with Crippen molar-refractivity contribution in [1.29, 1.82) is 0 Å². The molecular formula is C13H28ClN3O. The Hall–Kier alpha value is -0.320. The fraction of sp³-hybridized carbons (Fsp3) is 0.923. The van der Waals surface area contributed by atoms with E-state index in [4.69, 9.17) is 0 Å². The number of halogens is 1. The van der Waals surface area contributed by atoms with E-state index >= 15 is 0 Å². The maximum absolute atomic E-state index is 11.6. The summed E-state index contributed by atoms with van der Waals surface area (Å²) < 4.78 is 0. The molecule has 1 rings (SSSR count). The van der Waals surface area contributed by atoms with Gasteiger partial charge >= 0.3 is 0 Å². The molecule has 0 spiro atoms. The molecule has 0 aromatic carbocycles. The first-order valence-electron chi connectivity index (χ1n) is 6.96. The molecule has 0 saturated carbocycles. The molecule has 0 aromatic rings. The SMILES string of the molecule is CCCNC(=O)CN1CCC(CNCC)CC1.Cl. The molecule has 1 fully saturated rings. The summed E-state index contributed by atoms with van der Waals surface area (Å²) in [7, 11) is 0. The van der Waals surface area contributed by atoms with Crippen molar-refractivity contribution in [1.82, 2.24) is 15.5 Å². The van der Waals surface area contributed by atoms with E-state index in [2.05, 4.69) is 29.4 Å². The van der Waals surface area contributed by atoms with Crippen molar-refractivity contribution < 1.29 is 4.79 Å². The largest absolute Gasteiger partial charge is 0.355 e. The molecule has 18 heavy (non-hydrogen) atoms. The van der Waals surface area contributed by atoms with Crippen LogP contribution in [0.4, 0.5) is 0 Å². The normalized spacial score (nSPS) is 17.2. The monoisotopic (exact) mass is 277 g/mol. The van der Waals surface area contributed by atoms with Crippen LogP contribution in [-0.2, 0) is 4.79 Å². The lowest BCUT2D eigenvalue weighted by Crippen LogP contribution is -2.43. The van der Waals surface area contributed by atoms with Gasteiger partial charge in [0.25, 0.3) is 0 Å². The van der Waals surface area contributed by atoms with Gasteiger partial charge in [-0.05, 0) is 51.4 Å². The van der Waals surface area contributed by atoms with Gasteiger partial charge < -0.3 is 10.6 Å². The number of piperidine rings is 1. The van der Waals surface area contributed by atoms with Crippen LogP contribution in [0, 0.1) is 5.92 Å². The summed E-state index contributed by atoms with van der Waals surface area (Å²) in [6, 6.07) is 0. The Balaban J connectivity index is 0.00000289. The van der Waals surface area contributed by atoms with Crippen molar-refractivity contribution in [3.63, 3.8) is 0 Å². The summed E-state index contributed by atoms with van der Waals surface area (Å²) in [4.78, 5) is 13.8. The smallest absolute Gasteiger partial charge is 0.234 e. The average molecular weight is 278 g/mol. The second kappa shape index (κ2) is 10.6. The second-order valence-corrected chi connectivity index (χ2v) is 4.88. The molecule has 1 aliphatic rings. The lowest BCUT2D eigenvalue weighted by molar-refractivity contribution is -0.122. The van der Waals surface area contributed by atoms with E-state index in [1.54, 1.807) is 0 Å². The van der Waals surface area contributed by atoms with Gasteiger partial charge in [0.1, 0.15) is 0 Å². The molecule has 5 heteroatoms. The maximum atomic E-state index is 11.6. The maximum Gasteiger partial charge on any atom is 0.234 e. The lowest BCUT2D eigenvalue weighted by Gasteiger charge is -2.31. The molecule has 2 N–H and O–H groups in total. The van der Waals surface area contributed by atoms with Crippen LogP contribution < -0.4 is 10.6 Å². The number of hydrogen-bond donors (Lipinski definition) is 2. The highest BCUT2D eigenvalue weighted by Gasteiger charge is 2.20. The highest BCUT2D eigenvalue weighted by atomic mass is 35.5. The first-order chi connectivity index (χ1) is 8.26. The summed E-state index contributed by atoms with van der Waals surface area (Å²) in [5.41, 5.74) is 0.